The van der Waals surface area contributed by atoms with E-state index in [1.54, 1.807) is 17.0 Å². The lowest BCUT2D eigenvalue weighted by atomic mass is 10.0. The van der Waals surface area contributed by atoms with Crippen LogP contribution in [-0.2, 0) is 0 Å². The number of amides is 2. The van der Waals surface area contributed by atoms with Crippen molar-refractivity contribution in [2.75, 3.05) is 26.1 Å². The van der Waals surface area contributed by atoms with E-state index < -0.39 is 0 Å². The average molecular weight is 346 g/mol. The van der Waals surface area contributed by atoms with Gasteiger partial charge in [-0.05, 0) is 32.8 Å². The Labute approximate surface area is 146 Å². The summed E-state index contributed by atoms with van der Waals surface area (Å²) < 4.78 is 15.6. The number of rotatable bonds is 4. The number of nitrogens with zero attached hydrogens (tertiary/aromatic N) is 3. The molecule has 25 heavy (non-hydrogen) atoms. The molecule has 2 aromatic heterocycles. The topological polar surface area (TPSA) is 89.7 Å². The number of ether oxygens (including phenoxy) is 2. The molecule has 1 aliphatic heterocycles. The number of likely N-dealkylation sites (tertiary alicyclic amines) is 1. The predicted octanol–water partition coefficient (Wildman–Crippen LogP) is 3.07. The van der Waals surface area contributed by atoms with Crippen molar-refractivity contribution in [3.63, 3.8) is 0 Å². The van der Waals surface area contributed by atoms with Crippen molar-refractivity contribution in [3.05, 3.63) is 29.2 Å². The maximum absolute atomic E-state index is 12.8. The van der Waals surface area contributed by atoms with Crippen LogP contribution in [0.5, 0.6) is 11.8 Å². The zero-order valence-corrected chi connectivity index (χ0v) is 14.8. The standard InChI is InChI=1S/C17H22N4O4/c1-10-15(11(2)25-20-10)13-6-5-9-21(13)17(22)18-12-7-8-14(23-3)19-16(12)24-4/h7-8,13H,5-6,9H2,1-4H3,(H,18,22)/t13-/m1/s1. The molecule has 3 rings (SSSR count). The van der Waals surface area contributed by atoms with Crippen LogP contribution in [0.2, 0.25) is 0 Å². The minimum atomic E-state index is -0.201. The van der Waals surface area contributed by atoms with Crippen molar-refractivity contribution in [1.82, 2.24) is 15.0 Å². The highest BCUT2D eigenvalue weighted by atomic mass is 16.5. The highest BCUT2D eigenvalue weighted by molar-refractivity contribution is 5.91. The summed E-state index contributed by atoms with van der Waals surface area (Å²) in [6, 6.07) is 3.15. The number of carbonyl (C=O) groups is 1. The summed E-state index contributed by atoms with van der Waals surface area (Å²) in [6.07, 6.45) is 1.81. The minimum absolute atomic E-state index is 0.0385. The van der Waals surface area contributed by atoms with Gasteiger partial charge in [0, 0.05) is 18.2 Å². The van der Waals surface area contributed by atoms with Crippen LogP contribution in [0, 0.1) is 13.8 Å². The fourth-order valence-electron chi connectivity index (χ4n) is 3.25. The number of nitrogens with one attached hydrogen (secondary N) is 1. The van der Waals surface area contributed by atoms with Crippen LogP contribution in [0.1, 0.15) is 35.9 Å². The van der Waals surface area contributed by atoms with Crippen molar-refractivity contribution >= 4 is 11.7 Å². The van der Waals surface area contributed by atoms with Gasteiger partial charge in [-0.3, -0.25) is 0 Å². The normalized spacial score (nSPS) is 16.8. The quantitative estimate of drug-likeness (QED) is 0.915. The number of urea groups is 1. The van der Waals surface area contributed by atoms with Gasteiger partial charge in [-0.2, -0.15) is 4.98 Å². The second-order valence-electron chi connectivity index (χ2n) is 5.93. The Morgan fingerprint density at radius 1 is 1.32 bits per heavy atom. The number of aryl methyl sites for hydroxylation is 2. The first-order valence-corrected chi connectivity index (χ1v) is 8.14. The average Bonchev–Trinajstić information content (AvgIpc) is 3.21. The van der Waals surface area contributed by atoms with Crippen molar-refractivity contribution in [2.24, 2.45) is 0 Å². The Balaban J connectivity index is 1.81. The van der Waals surface area contributed by atoms with E-state index in [0.717, 1.165) is 29.9 Å². The Kier molecular flexibility index (Phi) is 4.78. The molecule has 0 spiro atoms. The molecule has 0 bridgehead atoms. The summed E-state index contributed by atoms with van der Waals surface area (Å²) in [5.74, 6) is 1.48. The van der Waals surface area contributed by atoms with Gasteiger partial charge in [0.2, 0.25) is 11.8 Å². The number of aromatic nitrogens is 2. The molecule has 1 aliphatic rings. The summed E-state index contributed by atoms with van der Waals surface area (Å²) in [4.78, 5) is 18.8. The molecular formula is C17H22N4O4. The molecule has 0 saturated carbocycles. The molecule has 8 heteroatoms. The molecule has 0 unspecified atom stereocenters. The zero-order valence-electron chi connectivity index (χ0n) is 14.8. The zero-order chi connectivity index (χ0) is 18.0. The summed E-state index contributed by atoms with van der Waals surface area (Å²) in [5.41, 5.74) is 2.32. The van der Waals surface area contributed by atoms with Crippen LogP contribution in [0.25, 0.3) is 0 Å². The predicted molar refractivity (Wildman–Crippen MR) is 91.0 cm³/mol. The molecule has 3 heterocycles. The fraction of sp³-hybridized carbons (Fsp3) is 0.471. The largest absolute Gasteiger partial charge is 0.481 e. The van der Waals surface area contributed by atoms with Gasteiger partial charge < -0.3 is 24.2 Å². The Hall–Kier alpha value is -2.77. The lowest BCUT2D eigenvalue weighted by molar-refractivity contribution is 0.206. The van der Waals surface area contributed by atoms with Crippen LogP contribution >= 0.6 is 0 Å². The van der Waals surface area contributed by atoms with Crippen LogP contribution in [-0.4, -0.2) is 41.8 Å². The van der Waals surface area contributed by atoms with E-state index in [1.165, 1.54) is 14.2 Å². The van der Waals surface area contributed by atoms with E-state index in [9.17, 15) is 4.79 Å². The summed E-state index contributed by atoms with van der Waals surface area (Å²) in [6.45, 7) is 4.45. The summed E-state index contributed by atoms with van der Waals surface area (Å²) in [5, 5.41) is 6.89. The number of hydrogen-bond acceptors (Lipinski definition) is 6. The number of anilines is 1. The van der Waals surface area contributed by atoms with Gasteiger partial charge in [0.05, 0.1) is 26.0 Å². The van der Waals surface area contributed by atoms with Crippen molar-refractivity contribution in [2.45, 2.75) is 32.7 Å². The molecule has 134 valence electrons. The van der Waals surface area contributed by atoms with E-state index >= 15 is 0 Å². The number of methoxy groups -OCH3 is 2. The third-order valence-corrected chi connectivity index (χ3v) is 4.41. The molecule has 2 amide bonds. The van der Waals surface area contributed by atoms with Gasteiger partial charge in [-0.15, -0.1) is 0 Å². The van der Waals surface area contributed by atoms with E-state index in [2.05, 4.69) is 15.5 Å². The molecule has 0 aliphatic carbocycles. The van der Waals surface area contributed by atoms with Gasteiger partial charge >= 0.3 is 6.03 Å². The van der Waals surface area contributed by atoms with E-state index in [4.69, 9.17) is 14.0 Å². The molecule has 1 fully saturated rings. The third kappa shape index (κ3) is 3.24. The molecule has 8 nitrogen and oxygen atoms in total. The second-order valence-corrected chi connectivity index (χ2v) is 5.93. The smallest absolute Gasteiger partial charge is 0.322 e. The highest BCUT2D eigenvalue weighted by Gasteiger charge is 2.34. The first kappa shape index (κ1) is 17.1. The SMILES string of the molecule is COc1ccc(NC(=O)N2CCC[C@@H]2c2c(C)noc2C)c(OC)n1. The number of pyridine rings is 1. The Morgan fingerprint density at radius 2 is 2.12 bits per heavy atom. The highest BCUT2D eigenvalue weighted by Crippen LogP contribution is 2.36. The van der Waals surface area contributed by atoms with Gasteiger partial charge in [-0.1, -0.05) is 5.16 Å². The van der Waals surface area contributed by atoms with Crippen LogP contribution in [0.15, 0.2) is 16.7 Å². The lowest BCUT2D eigenvalue weighted by Crippen LogP contribution is -2.35. The van der Waals surface area contributed by atoms with Crippen molar-refractivity contribution in [1.29, 1.82) is 0 Å². The molecule has 0 aromatic carbocycles. The van der Waals surface area contributed by atoms with Gasteiger partial charge in [0.1, 0.15) is 11.4 Å². The van der Waals surface area contributed by atoms with Crippen molar-refractivity contribution < 1.29 is 18.8 Å². The van der Waals surface area contributed by atoms with Gasteiger partial charge in [-0.25, -0.2) is 4.79 Å². The molecule has 1 saturated heterocycles. The third-order valence-electron chi connectivity index (χ3n) is 4.41. The second kappa shape index (κ2) is 7.00. The summed E-state index contributed by atoms with van der Waals surface area (Å²) in [7, 11) is 3.03. The first-order valence-electron chi connectivity index (χ1n) is 8.14. The van der Waals surface area contributed by atoms with Crippen molar-refractivity contribution in [3.8, 4) is 11.8 Å². The Bertz CT molecular complexity index is 755. The van der Waals surface area contributed by atoms with Gasteiger partial charge in [0.25, 0.3) is 0 Å². The number of hydrogen-bond donors (Lipinski definition) is 1. The van der Waals surface area contributed by atoms with E-state index in [0.29, 0.717) is 24.0 Å². The lowest BCUT2D eigenvalue weighted by Gasteiger charge is -2.25. The van der Waals surface area contributed by atoms with Gasteiger partial charge in [0.15, 0.2) is 0 Å². The Morgan fingerprint density at radius 3 is 2.76 bits per heavy atom. The molecular weight excluding hydrogens is 324 g/mol. The van der Waals surface area contributed by atoms with Crippen LogP contribution < -0.4 is 14.8 Å². The monoisotopic (exact) mass is 346 g/mol. The molecule has 1 atom stereocenters. The molecule has 0 radical (unpaired) electrons. The minimum Gasteiger partial charge on any atom is -0.481 e. The molecule has 1 N–H and O–H groups in total. The first-order chi connectivity index (χ1) is 12.0. The fourth-order valence-corrected chi connectivity index (χ4v) is 3.25. The maximum atomic E-state index is 12.8. The van der Waals surface area contributed by atoms with Crippen LogP contribution in [0.4, 0.5) is 10.5 Å². The summed E-state index contributed by atoms with van der Waals surface area (Å²) >= 11 is 0. The number of carbonyl (C=O) groups excluding carboxylic acids is 1. The molecule has 2 aromatic rings. The van der Waals surface area contributed by atoms with Crippen LogP contribution in [0.3, 0.4) is 0 Å². The van der Waals surface area contributed by atoms with E-state index in [-0.39, 0.29) is 12.1 Å². The van der Waals surface area contributed by atoms with E-state index in [1.807, 2.05) is 13.8 Å². The maximum Gasteiger partial charge on any atom is 0.322 e.